The second-order valence-electron chi connectivity index (χ2n) is 2.59. The van der Waals surface area contributed by atoms with E-state index >= 15 is 0 Å². The molecule has 0 fully saturated rings. The molecule has 0 aromatic rings. The van der Waals surface area contributed by atoms with Crippen LogP contribution in [0.5, 0.6) is 0 Å². The van der Waals surface area contributed by atoms with Crippen molar-refractivity contribution in [1.82, 2.24) is 0 Å². The summed E-state index contributed by atoms with van der Waals surface area (Å²) in [7, 11) is 1.39. The number of carbonyl (C=O) groups excluding carboxylic acids is 1. The molecule has 1 aliphatic carbocycles. The third-order valence-electron chi connectivity index (χ3n) is 1.80. The lowest BCUT2D eigenvalue weighted by Crippen LogP contribution is -2.06. The first-order valence-electron chi connectivity index (χ1n) is 3.87. The van der Waals surface area contributed by atoms with Crippen molar-refractivity contribution >= 4 is 21.9 Å². The topological polar surface area (TPSA) is 26.3 Å². The van der Waals surface area contributed by atoms with Crippen LogP contribution in [-0.4, -0.2) is 13.1 Å². The van der Waals surface area contributed by atoms with Gasteiger partial charge in [0.25, 0.3) is 0 Å². The minimum Gasteiger partial charge on any atom is -0.466 e. The molecule has 2 nitrogen and oxygen atoms in total. The van der Waals surface area contributed by atoms with Crippen LogP contribution in [0.25, 0.3) is 0 Å². The van der Waals surface area contributed by atoms with Crippen molar-refractivity contribution in [2.75, 3.05) is 7.11 Å². The maximum Gasteiger partial charge on any atom is 0.333 e. The van der Waals surface area contributed by atoms with Crippen molar-refractivity contribution in [2.24, 2.45) is 0 Å². The standard InChI is InChI=1S/C10H9BrO2/c1-13-10(12)9-4-2-8(3-5-9)6-7-11/h2,4H,3,5H2,1H3. The first kappa shape index (κ1) is 10.1. The van der Waals surface area contributed by atoms with E-state index in [1.165, 1.54) is 7.11 Å². The first-order valence-corrected chi connectivity index (χ1v) is 4.67. The smallest absolute Gasteiger partial charge is 0.333 e. The molecule has 0 saturated heterocycles. The summed E-state index contributed by atoms with van der Waals surface area (Å²) >= 11 is 3.03. The maximum atomic E-state index is 11.1. The van der Waals surface area contributed by atoms with Gasteiger partial charge in [0.1, 0.15) is 0 Å². The Bertz CT molecular complexity index is 329. The predicted octanol–water partition coefficient (Wildman–Crippen LogP) is 2.16. The van der Waals surface area contributed by atoms with Crippen LogP contribution in [-0.2, 0) is 9.53 Å². The van der Waals surface area contributed by atoms with Gasteiger partial charge in [0.15, 0.2) is 0 Å². The zero-order valence-electron chi connectivity index (χ0n) is 7.26. The Labute approximate surface area is 85.8 Å². The minimum atomic E-state index is -0.248. The van der Waals surface area contributed by atoms with Gasteiger partial charge in [0.05, 0.1) is 7.11 Å². The molecule has 1 rings (SSSR count). The number of carbonyl (C=O) groups is 1. The first-order chi connectivity index (χ1) is 6.27. The van der Waals surface area contributed by atoms with Crippen molar-refractivity contribution in [3.63, 3.8) is 0 Å². The molecule has 0 aromatic heterocycles. The van der Waals surface area contributed by atoms with E-state index in [0.29, 0.717) is 12.0 Å². The lowest BCUT2D eigenvalue weighted by Gasteiger charge is -2.08. The Morgan fingerprint density at radius 3 is 2.77 bits per heavy atom. The van der Waals surface area contributed by atoms with Gasteiger partial charge in [0, 0.05) is 27.1 Å². The third-order valence-corrected chi connectivity index (χ3v) is 2.00. The Kier molecular flexibility index (Phi) is 3.78. The molecule has 0 atom stereocenters. The van der Waals surface area contributed by atoms with E-state index in [0.717, 1.165) is 12.0 Å². The highest BCUT2D eigenvalue weighted by Crippen LogP contribution is 2.18. The van der Waals surface area contributed by atoms with Crippen LogP contribution < -0.4 is 0 Å². The molecule has 0 spiro atoms. The Morgan fingerprint density at radius 1 is 1.54 bits per heavy atom. The van der Waals surface area contributed by atoms with Crippen LogP contribution in [0.4, 0.5) is 0 Å². The van der Waals surface area contributed by atoms with E-state index in [-0.39, 0.29) is 5.97 Å². The van der Waals surface area contributed by atoms with Crippen LogP contribution in [0.1, 0.15) is 12.8 Å². The lowest BCUT2D eigenvalue weighted by atomic mass is 9.99. The zero-order chi connectivity index (χ0) is 9.68. The van der Waals surface area contributed by atoms with E-state index in [4.69, 9.17) is 0 Å². The monoisotopic (exact) mass is 240 g/mol. The number of ether oxygens (including phenoxy) is 1. The third kappa shape index (κ3) is 2.74. The maximum absolute atomic E-state index is 11.1. The predicted molar refractivity (Wildman–Crippen MR) is 54.1 cm³/mol. The number of hydrogen-bond acceptors (Lipinski definition) is 2. The number of esters is 1. The molecule has 0 bridgehead atoms. The van der Waals surface area contributed by atoms with Crippen molar-refractivity contribution in [1.29, 1.82) is 0 Å². The van der Waals surface area contributed by atoms with Gasteiger partial charge in [-0.15, -0.1) is 0 Å². The molecule has 0 unspecified atom stereocenters. The van der Waals surface area contributed by atoms with Gasteiger partial charge in [-0.3, -0.25) is 0 Å². The molecule has 13 heavy (non-hydrogen) atoms. The molecular formula is C10H9BrO2. The number of rotatable bonds is 1. The summed E-state index contributed by atoms with van der Waals surface area (Å²) in [5.74, 6) is 2.64. The van der Waals surface area contributed by atoms with Gasteiger partial charge in [-0.25, -0.2) is 4.79 Å². The number of allylic oxidation sites excluding steroid dienone is 3. The Hall–Kier alpha value is -1.01. The van der Waals surface area contributed by atoms with Gasteiger partial charge in [-0.05, 0) is 17.7 Å². The SMILES string of the molecule is COC(=O)C1=CC=C(C#CBr)CC1. The van der Waals surface area contributed by atoms with E-state index in [9.17, 15) is 4.79 Å². The van der Waals surface area contributed by atoms with E-state index < -0.39 is 0 Å². The van der Waals surface area contributed by atoms with Gasteiger partial charge < -0.3 is 4.74 Å². The molecule has 1 aliphatic rings. The quantitative estimate of drug-likeness (QED) is 0.519. The van der Waals surface area contributed by atoms with Gasteiger partial charge in [0.2, 0.25) is 0 Å². The summed E-state index contributed by atoms with van der Waals surface area (Å²) in [5.41, 5.74) is 1.74. The largest absolute Gasteiger partial charge is 0.466 e. The minimum absolute atomic E-state index is 0.248. The summed E-state index contributed by atoms with van der Waals surface area (Å²) in [6.45, 7) is 0. The van der Waals surface area contributed by atoms with Crippen LogP contribution in [0, 0.1) is 10.8 Å². The summed E-state index contributed by atoms with van der Waals surface area (Å²) in [5, 5.41) is 0. The Balaban J connectivity index is 2.74. The molecular weight excluding hydrogens is 232 g/mol. The second-order valence-corrected chi connectivity index (χ2v) is 2.99. The summed E-state index contributed by atoms with van der Waals surface area (Å²) in [6.07, 6.45) is 5.13. The van der Waals surface area contributed by atoms with Crippen LogP contribution in [0.3, 0.4) is 0 Å². The normalized spacial score (nSPS) is 14.9. The van der Waals surface area contributed by atoms with Gasteiger partial charge in [-0.1, -0.05) is 18.1 Å². The molecule has 0 N–H and O–H groups in total. The van der Waals surface area contributed by atoms with Crippen molar-refractivity contribution < 1.29 is 9.53 Å². The lowest BCUT2D eigenvalue weighted by molar-refractivity contribution is -0.136. The number of halogens is 1. The summed E-state index contributed by atoms with van der Waals surface area (Å²) < 4.78 is 4.60. The average molecular weight is 241 g/mol. The fraction of sp³-hybridized carbons (Fsp3) is 0.300. The molecule has 68 valence electrons. The molecule has 0 amide bonds. The molecule has 0 aromatic carbocycles. The molecule has 3 heteroatoms. The fourth-order valence-corrected chi connectivity index (χ4v) is 1.36. The van der Waals surface area contributed by atoms with Crippen molar-refractivity contribution in [3.05, 3.63) is 23.3 Å². The molecule has 0 heterocycles. The van der Waals surface area contributed by atoms with Crippen LogP contribution in [0.2, 0.25) is 0 Å². The fourth-order valence-electron chi connectivity index (χ4n) is 1.10. The van der Waals surface area contributed by atoms with Crippen LogP contribution >= 0.6 is 15.9 Å². The average Bonchev–Trinajstić information content (AvgIpc) is 2.18. The Morgan fingerprint density at radius 2 is 2.31 bits per heavy atom. The second kappa shape index (κ2) is 4.88. The van der Waals surface area contributed by atoms with Crippen molar-refractivity contribution in [2.45, 2.75) is 12.8 Å². The summed E-state index contributed by atoms with van der Waals surface area (Å²) in [6, 6.07) is 0. The number of hydrogen-bond donors (Lipinski definition) is 0. The molecule has 0 saturated carbocycles. The van der Waals surface area contributed by atoms with E-state index in [2.05, 4.69) is 31.4 Å². The van der Waals surface area contributed by atoms with Crippen molar-refractivity contribution in [3.8, 4) is 10.8 Å². The highest BCUT2D eigenvalue weighted by atomic mass is 79.9. The molecule has 0 aliphatic heterocycles. The number of methoxy groups -OCH3 is 1. The molecule has 0 radical (unpaired) electrons. The highest BCUT2D eigenvalue weighted by Gasteiger charge is 2.12. The van der Waals surface area contributed by atoms with Crippen LogP contribution in [0.15, 0.2) is 23.3 Å². The highest BCUT2D eigenvalue weighted by molar-refractivity contribution is 9.12. The van der Waals surface area contributed by atoms with E-state index in [1.54, 1.807) is 6.08 Å². The van der Waals surface area contributed by atoms with Gasteiger partial charge in [-0.2, -0.15) is 0 Å². The summed E-state index contributed by atoms with van der Waals surface area (Å²) in [4.78, 5) is 13.7. The zero-order valence-corrected chi connectivity index (χ0v) is 8.85. The van der Waals surface area contributed by atoms with E-state index in [1.807, 2.05) is 6.08 Å². The van der Waals surface area contributed by atoms with Gasteiger partial charge >= 0.3 is 5.97 Å².